The van der Waals surface area contributed by atoms with Crippen LogP contribution in [-0.4, -0.2) is 53.3 Å². The van der Waals surface area contributed by atoms with Crippen molar-refractivity contribution in [2.75, 3.05) is 32.0 Å². The quantitative estimate of drug-likeness (QED) is 0.905. The predicted molar refractivity (Wildman–Crippen MR) is 94.6 cm³/mol. The van der Waals surface area contributed by atoms with E-state index in [2.05, 4.69) is 10.3 Å². The van der Waals surface area contributed by atoms with Crippen molar-refractivity contribution >= 4 is 34.0 Å². The first-order valence-electron chi connectivity index (χ1n) is 7.94. The molecule has 1 aliphatic rings. The predicted octanol–water partition coefficient (Wildman–Crippen LogP) is 2.58. The minimum atomic E-state index is -0.236. The summed E-state index contributed by atoms with van der Waals surface area (Å²) in [5.74, 6) is -0.235. The molecular weight excluding hydrogens is 324 g/mol. The SMILES string of the molecule is CN(CC(=O)N1CCCC1)C(=O)c1csc(Nc2ccccc2)n1. The number of nitrogens with zero attached hydrogens (tertiary/aromatic N) is 3. The maximum atomic E-state index is 12.4. The van der Waals surface area contributed by atoms with Crippen LogP contribution in [0.2, 0.25) is 0 Å². The summed E-state index contributed by atoms with van der Waals surface area (Å²) in [5, 5.41) is 5.53. The number of carbonyl (C=O) groups excluding carboxylic acids is 2. The zero-order valence-corrected chi connectivity index (χ0v) is 14.4. The van der Waals surface area contributed by atoms with Crippen molar-refractivity contribution in [2.45, 2.75) is 12.8 Å². The highest BCUT2D eigenvalue weighted by Crippen LogP contribution is 2.21. The maximum absolute atomic E-state index is 12.4. The Morgan fingerprint density at radius 3 is 2.67 bits per heavy atom. The van der Waals surface area contributed by atoms with Crippen LogP contribution in [0.1, 0.15) is 23.3 Å². The summed E-state index contributed by atoms with van der Waals surface area (Å²) in [5.41, 5.74) is 1.28. The lowest BCUT2D eigenvalue weighted by Gasteiger charge is -2.20. The summed E-state index contributed by atoms with van der Waals surface area (Å²) in [7, 11) is 1.64. The highest BCUT2D eigenvalue weighted by atomic mass is 32.1. The molecule has 1 N–H and O–H groups in total. The van der Waals surface area contributed by atoms with E-state index >= 15 is 0 Å². The van der Waals surface area contributed by atoms with Gasteiger partial charge in [-0.3, -0.25) is 9.59 Å². The van der Waals surface area contributed by atoms with E-state index < -0.39 is 0 Å². The molecule has 126 valence electrons. The summed E-state index contributed by atoms with van der Waals surface area (Å²) >= 11 is 1.37. The molecule has 2 aromatic rings. The second-order valence-corrected chi connectivity index (χ2v) is 6.64. The summed E-state index contributed by atoms with van der Waals surface area (Å²) < 4.78 is 0. The van der Waals surface area contributed by atoms with Crippen molar-refractivity contribution in [3.63, 3.8) is 0 Å². The van der Waals surface area contributed by atoms with Crippen LogP contribution in [0.15, 0.2) is 35.7 Å². The fraction of sp³-hybridized carbons (Fsp3) is 0.353. The fourth-order valence-corrected chi connectivity index (χ4v) is 3.32. The molecule has 0 atom stereocenters. The van der Waals surface area contributed by atoms with Gasteiger partial charge in [0.1, 0.15) is 5.69 Å². The van der Waals surface area contributed by atoms with Gasteiger partial charge in [-0.2, -0.15) is 0 Å². The lowest BCUT2D eigenvalue weighted by molar-refractivity contribution is -0.130. The molecule has 0 bridgehead atoms. The molecule has 7 heteroatoms. The molecule has 1 saturated heterocycles. The third-order valence-corrected chi connectivity index (χ3v) is 4.68. The number of hydrogen-bond acceptors (Lipinski definition) is 5. The number of aromatic nitrogens is 1. The molecule has 1 fully saturated rings. The van der Waals surface area contributed by atoms with Crippen molar-refractivity contribution in [1.82, 2.24) is 14.8 Å². The lowest BCUT2D eigenvalue weighted by atomic mass is 10.3. The van der Waals surface area contributed by atoms with Gasteiger partial charge in [-0.05, 0) is 25.0 Å². The third-order valence-electron chi connectivity index (χ3n) is 3.93. The van der Waals surface area contributed by atoms with Gasteiger partial charge >= 0.3 is 0 Å². The highest BCUT2D eigenvalue weighted by molar-refractivity contribution is 7.14. The summed E-state index contributed by atoms with van der Waals surface area (Å²) in [6, 6.07) is 9.67. The standard InChI is InChI=1S/C17H20N4O2S/c1-20(11-15(22)21-9-5-6-10-21)16(23)14-12-24-17(19-14)18-13-7-3-2-4-8-13/h2-4,7-8,12H,5-6,9-11H2,1H3,(H,18,19). The normalized spacial score (nSPS) is 13.8. The van der Waals surface area contributed by atoms with E-state index in [0.717, 1.165) is 31.6 Å². The highest BCUT2D eigenvalue weighted by Gasteiger charge is 2.23. The summed E-state index contributed by atoms with van der Waals surface area (Å²) in [6.07, 6.45) is 2.09. The summed E-state index contributed by atoms with van der Waals surface area (Å²) in [4.78, 5) is 32.1. The van der Waals surface area contributed by atoms with Crippen molar-refractivity contribution in [2.24, 2.45) is 0 Å². The van der Waals surface area contributed by atoms with Gasteiger partial charge in [-0.1, -0.05) is 18.2 Å². The average Bonchev–Trinajstić information content (AvgIpc) is 3.27. The molecule has 0 unspecified atom stereocenters. The Morgan fingerprint density at radius 2 is 1.96 bits per heavy atom. The molecule has 1 aromatic heterocycles. The Hall–Kier alpha value is -2.41. The molecule has 2 amide bonds. The Labute approximate surface area is 145 Å². The second kappa shape index (κ2) is 7.44. The van der Waals surface area contributed by atoms with Crippen molar-refractivity contribution in [3.05, 3.63) is 41.4 Å². The number of hydrogen-bond donors (Lipinski definition) is 1. The van der Waals surface area contributed by atoms with Gasteiger partial charge in [-0.15, -0.1) is 11.3 Å². The van der Waals surface area contributed by atoms with Gasteiger partial charge in [0.25, 0.3) is 5.91 Å². The molecule has 2 heterocycles. The first-order chi connectivity index (χ1) is 11.6. The molecule has 3 rings (SSSR count). The molecule has 24 heavy (non-hydrogen) atoms. The molecule has 0 radical (unpaired) electrons. The number of nitrogens with one attached hydrogen (secondary N) is 1. The van der Waals surface area contributed by atoms with E-state index in [1.165, 1.54) is 16.2 Å². The Kier molecular flexibility index (Phi) is 5.10. The van der Waals surface area contributed by atoms with Gasteiger partial charge < -0.3 is 15.1 Å². The molecule has 1 aliphatic heterocycles. The van der Waals surface area contributed by atoms with Crippen LogP contribution in [0.5, 0.6) is 0 Å². The van der Waals surface area contributed by atoms with E-state index in [1.54, 1.807) is 12.4 Å². The zero-order valence-electron chi connectivity index (χ0n) is 13.6. The zero-order chi connectivity index (χ0) is 16.9. The minimum absolute atomic E-state index is 0.00112. The number of likely N-dealkylation sites (N-methyl/N-ethyl adjacent to an activating group) is 1. The van der Waals surface area contributed by atoms with Crippen LogP contribution in [0, 0.1) is 0 Å². The Morgan fingerprint density at radius 1 is 1.25 bits per heavy atom. The van der Waals surface area contributed by atoms with Crippen LogP contribution in [0.4, 0.5) is 10.8 Å². The number of thiazole rings is 1. The number of carbonyl (C=O) groups is 2. The lowest BCUT2D eigenvalue weighted by Crippen LogP contribution is -2.39. The van der Waals surface area contributed by atoms with Crippen LogP contribution in [0.25, 0.3) is 0 Å². The minimum Gasteiger partial charge on any atom is -0.341 e. The summed E-state index contributed by atoms with van der Waals surface area (Å²) in [6.45, 7) is 1.68. The first-order valence-corrected chi connectivity index (χ1v) is 8.82. The van der Waals surface area contributed by atoms with Gasteiger partial charge in [0.2, 0.25) is 5.91 Å². The van der Waals surface area contributed by atoms with E-state index in [1.807, 2.05) is 35.2 Å². The van der Waals surface area contributed by atoms with E-state index in [0.29, 0.717) is 10.8 Å². The van der Waals surface area contributed by atoms with E-state index in [9.17, 15) is 9.59 Å². The van der Waals surface area contributed by atoms with Crippen molar-refractivity contribution in [3.8, 4) is 0 Å². The largest absolute Gasteiger partial charge is 0.341 e. The van der Waals surface area contributed by atoms with Crippen LogP contribution in [-0.2, 0) is 4.79 Å². The Balaban J connectivity index is 1.59. The van der Waals surface area contributed by atoms with E-state index in [-0.39, 0.29) is 18.4 Å². The monoisotopic (exact) mass is 344 g/mol. The number of likely N-dealkylation sites (tertiary alicyclic amines) is 1. The second-order valence-electron chi connectivity index (χ2n) is 5.78. The van der Waals surface area contributed by atoms with Crippen LogP contribution < -0.4 is 5.32 Å². The molecular formula is C17H20N4O2S. The van der Waals surface area contributed by atoms with Crippen LogP contribution >= 0.6 is 11.3 Å². The molecule has 1 aromatic carbocycles. The topological polar surface area (TPSA) is 65.5 Å². The number of amides is 2. The molecule has 0 saturated carbocycles. The molecule has 0 spiro atoms. The molecule has 0 aliphatic carbocycles. The van der Waals surface area contributed by atoms with E-state index in [4.69, 9.17) is 0 Å². The fourth-order valence-electron chi connectivity index (χ4n) is 2.61. The smallest absolute Gasteiger partial charge is 0.273 e. The van der Waals surface area contributed by atoms with Crippen molar-refractivity contribution < 1.29 is 9.59 Å². The maximum Gasteiger partial charge on any atom is 0.273 e. The Bertz CT molecular complexity index is 710. The number of benzene rings is 1. The van der Waals surface area contributed by atoms with Crippen LogP contribution in [0.3, 0.4) is 0 Å². The first kappa shape index (κ1) is 16.4. The number of para-hydroxylation sites is 1. The molecule has 6 nitrogen and oxygen atoms in total. The van der Waals surface area contributed by atoms with Gasteiger partial charge in [0.15, 0.2) is 5.13 Å². The van der Waals surface area contributed by atoms with Crippen molar-refractivity contribution in [1.29, 1.82) is 0 Å². The number of anilines is 2. The third kappa shape index (κ3) is 3.91. The van der Waals surface area contributed by atoms with Gasteiger partial charge in [0.05, 0.1) is 6.54 Å². The average molecular weight is 344 g/mol. The van der Waals surface area contributed by atoms with Gasteiger partial charge in [-0.25, -0.2) is 4.98 Å². The van der Waals surface area contributed by atoms with Gasteiger partial charge in [0, 0.05) is 31.2 Å². The number of rotatable bonds is 5.